The number of aromatic nitrogens is 2. The van der Waals surface area contributed by atoms with Gasteiger partial charge >= 0.3 is 0 Å². The van der Waals surface area contributed by atoms with E-state index >= 15 is 0 Å². The first kappa shape index (κ1) is 19.6. The van der Waals surface area contributed by atoms with Gasteiger partial charge in [0.1, 0.15) is 0 Å². The number of likely N-dealkylation sites (tertiary alicyclic amines) is 1. The molecule has 2 aliphatic heterocycles. The standard InChI is InChI=1S/C22H28N4O3/c1-16-5-6-20(17(2)12-16)22(28)25-7-3-4-18(15-25)26-21(27)13-19(14-23-26)24-8-10-29-11-9-24/h5-6,12-14,18H,3-4,7-11,15H2,1-2H3/t18-/m0/s1. The predicted octanol–water partition coefficient (Wildman–Crippen LogP) is 2.17. The highest BCUT2D eigenvalue weighted by Crippen LogP contribution is 2.23. The summed E-state index contributed by atoms with van der Waals surface area (Å²) in [6.07, 6.45) is 3.47. The number of aryl methyl sites for hydroxylation is 2. The molecule has 7 nitrogen and oxygen atoms in total. The van der Waals surface area contributed by atoms with Crippen LogP contribution in [0.1, 0.15) is 40.4 Å². The molecular weight excluding hydrogens is 368 g/mol. The van der Waals surface area contributed by atoms with E-state index in [1.807, 2.05) is 36.9 Å². The van der Waals surface area contributed by atoms with Crippen molar-refractivity contribution in [2.75, 3.05) is 44.3 Å². The van der Waals surface area contributed by atoms with Crippen molar-refractivity contribution in [3.63, 3.8) is 0 Å². The Bertz CT molecular complexity index is 949. The number of hydrogen-bond donors (Lipinski definition) is 0. The molecule has 154 valence electrons. The molecule has 2 aromatic rings. The minimum Gasteiger partial charge on any atom is -0.378 e. The molecule has 0 spiro atoms. The number of amides is 1. The van der Waals surface area contributed by atoms with Gasteiger partial charge in [-0.15, -0.1) is 0 Å². The number of rotatable bonds is 3. The van der Waals surface area contributed by atoms with E-state index in [-0.39, 0.29) is 17.5 Å². The van der Waals surface area contributed by atoms with Crippen molar-refractivity contribution < 1.29 is 9.53 Å². The Balaban J connectivity index is 1.50. The van der Waals surface area contributed by atoms with Crippen LogP contribution in [0, 0.1) is 13.8 Å². The van der Waals surface area contributed by atoms with E-state index in [1.165, 1.54) is 0 Å². The van der Waals surface area contributed by atoms with Gasteiger partial charge in [-0.2, -0.15) is 5.10 Å². The first-order valence-corrected chi connectivity index (χ1v) is 10.3. The third-order valence-corrected chi connectivity index (χ3v) is 5.83. The maximum absolute atomic E-state index is 13.1. The van der Waals surface area contributed by atoms with Crippen molar-refractivity contribution in [2.24, 2.45) is 0 Å². The highest BCUT2D eigenvalue weighted by Gasteiger charge is 2.27. The minimum absolute atomic E-state index is 0.0326. The summed E-state index contributed by atoms with van der Waals surface area (Å²) >= 11 is 0. The summed E-state index contributed by atoms with van der Waals surface area (Å²) in [6.45, 7) is 8.09. The molecule has 7 heteroatoms. The predicted molar refractivity (Wildman–Crippen MR) is 112 cm³/mol. The summed E-state index contributed by atoms with van der Waals surface area (Å²) in [6, 6.07) is 7.47. The normalized spacial score (nSPS) is 20.0. The molecule has 3 heterocycles. The number of ether oxygens (including phenoxy) is 1. The molecule has 1 aromatic carbocycles. The van der Waals surface area contributed by atoms with Crippen LogP contribution >= 0.6 is 0 Å². The van der Waals surface area contributed by atoms with Crippen LogP contribution in [0.25, 0.3) is 0 Å². The highest BCUT2D eigenvalue weighted by molar-refractivity contribution is 5.95. The summed E-state index contributed by atoms with van der Waals surface area (Å²) in [5.74, 6) is 0.0326. The summed E-state index contributed by atoms with van der Waals surface area (Å²) in [4.78, 5) is 29.8. The molecule has 0 radical (unpaired) electrons. The SMILES string of the molecule is Cc1ccc(C(=O)N2CCC[C@H](n3ncc(N4CCOCC4)cc3=O)C2)c(C)c1. The lowest BCUT2D eigenvalue weighted by Crippen LogP contribution is -2.44. The first-order valence-electron chi connectivity index (χ1n) is 10.3. The van der Waals surface area contributed by atoms with Crippen LogP contribution in [0.15, 0.2) is 35.3 Å². The van der Waals surface area contributed by atoms with Crippen molar-refractivity contribution in [3.8, 4) is 0 Å². The van der Waals surface area contributed by atoms with Crippen LogP contribution in [0.2, 0.25) is 0 Å². The number of hydrogen-bond acceptors (Lipinski definition) is 5. The monoisotopic (exact) mass is 396 g/mol. The smallest absolute Gasteiger partial charge is 0.269 e. The third-order valence-electron chi connectivity index (χ3n) is 5.83. The summed E-state index contributed by atoms with van der Waals surface area (Å²) in [7, 11) is 0. The zero-order chi connectivity index (χ0) is 20.4. The molecule has 2 aliphatic rings. The molecule has 29 heavy (non-hydrogen) atoms. The Labute approximate surface area is 170 Å². The number of carbonyl (C=O) groups is 1. The summed E-state index contributed by atoms with van der Waals surface area (Å²) in [5.41, 5.74) is 3.60. The zero-order valence-electron chi connectivity index (χ0n) is 17.1. The van der Waals surface area contributed by atoms with Crippen molar-refractivity contribution in [2.45, 2.75) is 32.7 Å². The second-order valence-corrected chi connectivity index (χ2v) is 7.96. The second-order valence-electron chi connectivity index (χ2n) is 7.96. The van der Waals surface area contributed by atoms with E-state index in [2.05, 4.69) is 10.00 Å². The van der Waals surface area contributed by atoms with Gasteiger partial charge in [0.2, 0.25) is 0 Å². The molecular formula is C22H28N4O3. The van der Waals surface area contributed by atoms with Gasteiger partial charge in [0.15, 0.2) is 0 Å². The quantitative estimate of drug-likeness (QED) is 0.796. The minimum atomic E-state index is -0.111. The van der Waals surface area contributed by atoms with E-state index < -0.39 is 0 Å². The zero-order valence-corrected chi connectivity index (χ0v) is 17.1. The Morgan fingerprint density at radius 3 is 2.66 bits per heavy atom. The molecule has 2 fully saturated rings. The van der Waals surface area contributed by atoms with Gasteiger partial charge in [-0.3, -0.25) is 9.59 Å². The van der Waals surface area contributed by atoms with Crippen LogP contribution in [0.3, 0.4) is 0 Å². The Hall–Kier alpha value is -2.67. The number of nitrogens with zero attached hydrogens (tertiary/aromatic N) is 4. The largest absolute Gasteiger partial charge is 0.378 e. The van der Waals surface area contributed by atoms with Crippen molar-refractivity contribution in [1.29, 1.82) is 0 Å². The third kappa shape index (κ3) is 4.19. The van der Waals surface area contributed by atoms with E-state index in [1.54, 1.807) is 16.9 Å². The second kappa shape index (κ2) is 8.37. The van der Waals surface area contributed by atoms with Gasteiger partial charge in [0.05, 0.1) is 31.1 Å². The topological polar surface area (TPSA) is 67.7 Å². The van der Waals surface area contributed by atoms with Gasteiger partial charge in [0.25, 0.3) is 11.5 Å². The lowest BCUT2D eigenvalue weighted by Gasteiger charge is -2.34. The molecule has 1 atom stereocenters. The molecule has 0 aliphatic carbocycles. The van der Waals surface area contributed by atoms with Crippen LogP contribution in [0.4, 0.5) is 5.69 Å². The Morgan fingerprint density at radius 1 is 1.14 bits per heavy atom. The number of piperidine rings is 1. The van der Waals surface area contributed by atoms with Gasteiger partial charge in [0, 0.05) is 37.8 Å². The first-order chi connectivity index (χ1) is 14.0. The summed E-state index contributed by atoms with van der Waals surface area (Å²) in [5, 5.41) is 4.46. The summed E-state index contributed by atoms with van der Waals surface area (Å²) < 4.78 is 6.92. The van der Waals surface area contributed by atoms with Crippen molar-refractivity contribution in [1.82, 2.24) is 14.7 Å². The maximum Gasteiger partial charge on any atom is 0.269 e. The number of carbonyl (C=O) groups excluding carboxylic acids is 1. The molecule has 0 unspecified atom stereocenters. The van der Waals surface area contributed by atoms with Crippen molar-refractivity contribution >= 4 is 11.6 Å². The fourth-order valence-electron chi connectivity index (χ4n) is 4.24. The number of anilines is 1. The Kier molecular flexibility index (Phi) is 5.67. The fourth-order valence-corrected chi connectivity index (χ4v) is 4.24. The molecule has 1 amide bonds. The van der Waals surface area contributed by atoms with Gasteiger partial charge in [-0.1, -0.05) is 17.7 Å². The van der Waals surface area contributed by atoms with Gasteiger partial charge in [-0.25, -0.2) is 4.68 Å². The molecule has 0 N–H and O–H groups in total. The average Bonchev–Trinajstić information content (AvgIpc) is 2.74. The van der Waals surface area contributed by atoms with Crippen molar-refractivity contribution in [3.05, 3.63) is 57.5 Å². The molecule has 0 saturated carbocycles. The lowest BCUT2D eigenvalue weighted by atomic mass is 10.0. The van der Waals surface area contributed by atoms with Crippen LogP contribution in [-0.2, 0) is 4.74 Å². The van der Waals surface area contributed by atoms with E-state index in [4.69, 9.17) is 4.74 Å². The molecule has 4 rings (SSSR count). The number of morpholine rings is 1. The Morgan fingerprint density at radius 2 is 1.93 bits per heavy atom. The van der Waals surface area contributed by atoms with E-state index in [0.717, 1.165) is 48.3 Å². The average molecular weight is 396 g/mol. The maximum atomic E-state index is 13.1. The molecule has 0 bridgehead atoms. The highest BCUT2D eigenvalue weighted by atomic mass is 16.5. The fraction of sp³-hybridized carbons (Fsp3) is 0.500. The van der Waals surface area contributed by atoms with Crippen LogP contribution < -0.4 is 10.5 Å². The van der Waals surface area contributed by atoms with E-state index in [9.17, 15) is 9.59 Å². The number of benzene rings is 1. The lowest BCUT2D eigenvalue weighted by molar-refractivity contribution is 0.0669. The van der Waals surface area contributed by atoms with Crippen LogP contribution in [0.5, 0.6) is 0 Å². The van der Waals surface area contributed by atoms with Gasteiger partial charge < -0.3 is 14.5 Å². The van der Waals surface area contributed by atoms with Gasteiger partial charge in [-0.05, 0) is 38.3 Å². The van der Waals surface area contributed by atoms with E-state index in [0.29, 0.717) is 26.3 Å². The molecule has 2 saturated heterocycles. The molecule has 1 aromatic heterocycles. The van der Waals surface area contributed by atoms with Crippen LogP contribution in [-0.4, -0.2) is 60.0 Å².